The minimum Gasteiger partial charge on any atom is -0.478 e. The van der Waals surface area contributed by atoms with Gasteiger partial charge in [0.05, 0.1) is 0 Å². The van der Waals surface area contributed by atoms with Crippen molar-refractivity contribution in [1.82, 2.24) is 0 Å². The van der Waals surface area contributed by atoms with Crippen LogP contribution in [0.1, 0.15) is 11.1 Å². The van der Waals surface area contributed by atoms with E-state index in [1.54, 1.807) is 6.08 Å². The number of aryl methyl sites for hydroxylation is 1. The molecule has 0 spiro atoms. The first-order chi connectivity index (χ1) is 10.7. The predicted molar refractivity (Wildman–Crippen MR) is 108 cm³/mol. The van der Waals surface area contributed by atoms with Crippen LogP contribution in [0, 0.1) is 6.92 Å². The topological polar surface area (TPSA) is 55.8 Å². The molecule has 0 aromatic heterocycles. The molecular formula is C17H30O4Si3. The van der Waals surface area contributed by atoms with Crippen molar-refractivity contribution in [3.8, 4) is 0 Å². The molecule has 0 saturated heterocycles. The predicted octanol–water partition coefficient (Wildman–Crippen LogP) is 4.07. The summed E-state index contributed by atoms with van der Waals surface area (Å²) in [6.07, 6.45) is 2.76. The van der Waals surface area contributed by atoms with Crippen LogP contribution < -0.4 is 5.19 Å². The summed E-state index contributed by atoms with van der Waals surface area (Å²) < 4.78 is 13.2. The first-order valence-electron chi connectivity index (χ1n) is 8.14. The van der Waals surface area contributed by atoms with Gasteiger partial charge < -0.3 is 13.3 Å². The zero-order valence-electron chi connectivity index (χ0n) is 16.1. The summed E-state index contributed by atoms with van der Waals surface area (Å²) in [4.78, 5) is 10.7. The first kappa shape index (κ1) is 21.0. The molecule has 0 amide bonds. The fourth-order valence-electron chi connectivity index (χ4n) is 2.77. The molecule has 0 radical (unpaired) electrons. The molecule has 1 aromatic rings. The molecule has 1 rings (SSSR count). The number of hydrogen-bond acceptors (Lipinski definition) is 3. The summed E-state index contributed by atoms with van der Waals surface area (Å²) in [6.45, 7) is 17.3. The lowest BCUT2D eigenvalue weighted by molar-refractivity contribution is -0.131. The van der Waals surface area contributed by atoms with Gasteiger partial charge in [-0.25, -0.2) is 4.79 Å². The van der Waals surface area contributed by atoms with Gasteiger partial charge in [-0.2, -0.15) is 0 Å². The summed E-state index contributed by atoms with van der Waals surface area (Å²) in [5.41, 5.74) is 1.96. The van der Waals surface area contributed by atoms with Crippen molar-refractivity contribution in [1.29, 1.82) is 0 Å². The monoisotopic (exact) mass is 382 g/mol. The van der Waals surface area contributed by atoms with Crippen molar-refractivity contribution in [2.24, 2.45) is 0 Å². The Morgan fingerprint density at radius 2 is 1.50 bits per heavy atom. The maximum absolute atomic E-state index is 10.7. The van der Waals surface area contributed by atoms with Crippen LogP contribution in [0.5, 0.6) is 0 Å². The lowest BCUT2D eigenvalue weighted by Crippen LogP contribution is -2.61. The highest BCUT2D eigenvalue weighted by Gasteiger charge is 2.42. The summed E-state index contributed by atoms with van der Waals surface area (Å²) >= 11 is 0. The Labute approximate surface area is 149 Å². The third-order valence-electron chi connectivity index (χ3n) is 3.16. The van der Waals surface area contributed by atoms with Crippen molar-refractivity contribution in [3.05, 3.63) is 35.4 Å². The fraction of sp³-hybridized carbons (Fsp3) is 0.471. The highest BCUT2D eigenvalue weighted by atomic mass is 28.5. The average molecular weight is 383 g/mol. The Morgan fingerprint density at radius 1 is 1.00 bits per heavy atom. The second-order valence-electron chi connectivity index (χ2n) is 8.12. The van der Waals surface area contributed by atoms with Gasteiger partial charge in [0.2, 0.25) is 0 Å². The SMILES string of the molecule is Cc1cc(/C=C/C(=O)O)ccc1[Si](C)(O[Si](C)(C)C)O[Si](C)(C)C. The summed E-state index contributed by atoms with van der Waals surface area (Å²) in [6, 6.07) is 5.98. The highest BCUT2D eigenvalue weighted by Crippen LogP contribution is 2.22. The molecule has 1 N–H and O–H groups in total. The van der Waals surface area contributed by atoms with Gasteiger partial charge in [-0.15, -0.1) is 0 Å². The number of aliphatic carboxylic acids is 1. The van der Waals surface area contributed by atoms with E-state index in [2.05, 4.69) is 45.8 Å². The summed E-state index contributed by atoms with van der Waals surface area (Å²) in [5, 5.41) is 9.91. The zero-order valence-corrected chi connectivity index (χ0v) is 19.1. The fourth-order valence-corrected chi connectivity index (χ4v) is 14.7. The standard InChI is InChI=1S/C17H30O4Si3/c1-14-13-15(10-12-17(18)19)9-11-16(14)24(8,20-22(2,3)4)21-23(5,6)7/h9-13H,1-8H3,(H,18,19)/b12-10+. The van der Waals surface area contributed by atoms with Crippen LogP contribution in [0.3, 0.4) is 0 Å². The Morgan fingerprint density at radius 3 is 1.88 bits per heavy atom. The number of carbonyl (C=O) groups is 1. The number of carboxylic acid groups (broad SMARTS) is 1. The Bertz CT molecular complexity index is 612. The van der Waals surface area contributed by atoms with Crippen molar-refractivity contribution < 1.29 is 18.1 Å². The molecule has 0 unspecified atom stereocenters. The molecule has 0 aliphatic rings. The molecule has 0 aliphatic heterocycles. The number of carboxylic acids is 1. The molecule has 0 bridgehead atoms. The van der Waals surface area contributed by atoms with Crippen LogP contribution in [0.2, 0.25) is 45.8 Å². The lowest BCUT2D eigenvalue weighted by atomic mass is 10.1. The van der Waals surface area contributed by atoms with Crippen LogP contribution in [-0.4, -0.2) is 36.3 Å². The summed E-state index contributed by atoms with van der Waals surface area (Å²) in [7, 11) is -6.07. The number of hydrogen-bond donors (Lipinski definition) is 1. The highest BCUT2D eigenvalue weighted by molar-refractivity contribution is 6.94. The molecule has 0 heterocycles. The van der Waals surface area contributed by atoms with Crippen LogP contribution in [0.4, 0.5) is 0 Å². The van der Waals surface area contributed by atoms with Gasteiger partial charge in [-0.05, 0) is 75.1 Å². The number of benzene rings is 1. The van der Waals surface area contributed by atoms with E-state index < -0.39 is 31.2 Å². The van der Waals surface area contributed by atoms with Crippen LogP contribution >= 0.6 is 0 Å². The van der Waals surface area contributed by atoms with Crippen molar-refractivity contribution in [2.45, 2.75) is 52.8 Å². The van der Waals surface area contributed by atoms with Crippen molar-refractivity contribution in [2.75, 3.05) is 0 Å². The van der Waals surface area contributed by atoms with E-state index >= 15 is 0 Å². The molecule has 24 heavy (non-hydrogen) atoms. The molecule has 0 atom stereocenters. The molecule has 4 nitrogen and oxygen atoms in total. The van der Waals surface area contributed by atoms with Gasteiger partial charge in [-0.1, -0.05) is 18.2 Å². The van der Waals surface area contributed by atoms with Crippen molar-refractivity contribution in [3.63, 3.8) is 0 Å². The van der Waals surface area contributed by atoms with E-state index in [-0.39, 0.29) is 0 Å². The lowest BCUT2D eigenvalue weighted by Gasteiger charge is -2.39. The van der Waals surface area contributed by atoms with Gasteiger partial charge in [0, 0.05) is 6.08 Å². The average Bonchev–Trinajstić information content (AvgIpc) is 2.31. The van der Waals surface area contributed by atoms with Crippen molar-refractivity contribution >= 4 is 42.4 Å². The van der Waals surface area contributed by atoms with Gasteiger partial charge in [0.15, 0.2) is 16.6 Å². The maximum Gasteiger partial charge on any atom is 0.349 e. The summed E-state index contributed by atoms with van der Waals surface area (Å²) in [5.74, 6) is -0.944. The maximum atomic E-state index is 10.7. The first-order valence-corrected chi connectivity index (χ1v) is 17.3. The minimum atomic E-state index is -2.53. The van der Waals surface area contributed by atoms with Crippen LogP contribution in [-0.2, 0) is 13.0 Å². The third kappa shape index (κ3) is 6.86. The molecular weight excluding hydrogens is 352 g/mol. The van der Waals surface area contributed by atoms with E-state index in [4.69, 9.17) is 13.3 Å². The molecule has 0 aliphatic carbocycles. The van der Waals surface area contributed by atoms with Gasteiger partial charge in [0.25, 0.3) is 0 Å². The van der Waals surface area contributed by atoms with E-state index in [9.17, 15) is 4.79 Å². The molecule has 1 aromatic carbocycles. The van der Waals surface area contributed by atoms with Gasteiger partial charge >= 0.3 is 14.5 Å². The quantitative estimate of drug-likeness (QED) is 0.570. The Balaban J connectivity index is 3.30. The smallest absolute Gasteiger partial charge is 0.349 e. The molecule has 0 saturated carbocycles. The number of rotatable bonds is 7. The van der Waals surface area contributed by atoms with E-state index in [0.717, 1.165) is 22.4 Å². The van der Waals surface area contributed by atoms with E-state index in [1.807, 2.05) is 25.1 Å². The Kier molecular flexibility index (Phi) is 6.56. The molecule has 0 fully saturated rings. The molecule has 134 valence electrons. The van der Waals surface area contributed by atoms with E-state index in [1.165, 1.54) is 0 Å². The third-order valence-corrected chi connectivity index (χ3v) is 12.7. The normalized spacial score (nSPS) is 13.5. The Hall–Kier alpha value is -0.999. The largest absolute Gasteiger partial charge is 0.478 e. The van der Waals surface area contributed by atoms with Gasteiger partial charge in [0.1, 0.15) is 0 Å². The van der Waals surface area contributed by atoms with E-state index in [0.29, 0.717) is 0 Å². The second-order valence-corrected chi connectivity index (χ2v) is 20.6. The second kappa shape index (κ2) is 7.49. The van der Waals surface area contributed by atoms with Crippen LogP contribution in [0.15, 0.2) is 24.3 Å². The molecule has 7 heteroatoms. The minimum absolute atomic E-state index is 0.871. The van der Waals surface area contributed by atoms with Crippen LogP contribution in [0.25, 0.3) is 6.08 Å². The zero-order chi connectivity index (χ0) is 18.8. The van der Waals surface area contributed by atoms with Gasteiger partial charge in [-0.3, -0.25) is 0 Å².